The molecule has 1 aromatic carbocycles. The minimum atomic E-state index is -1.82. The number of nitro benzene ring substituents is 1. The number of nitrogens with zero attached hydrogens (tertiary/aromatic N) is 1. The first-order valence-corrected chi connectivity index (χ1v) is 5.56. The summed E-state index contributed by atoms with van der Waals surface area (Å²) in [5.41, 5.74) is -1.47. The third-order valence-corrected chi connectivity index (χ3v) is 3.00. The third kappa shape index (κ3) is 1.99. The average molecular weight is 281 g/mol. The summed E-state index contributed by atoms with van der Waals surface area (Å²) in [5, 5.41) is 10.6. The molecule has 0 radical (unpaired) electrons. The van der Waals surface area contributed by atoms with E-state index in [1.165, 1.54) is 24.3 Å². The Bertz CT molecular complexity index is 550. The molecule has 0 spiro atoms. The lowest BCUT2D eigenvalue weighted by Crippen LogP contribution is -2.37. The maximum Gasteiger partial charge on any atom is 0.353 e. The highest BCUT2D eigenvalue weighted by Gasteiger charge is 2.71. The van der Waals surface area contributed by atoms with Gasteiger partial charge in [0.25, 0.3) is 11.3 Å². The smallest absolute Gasteiger partial charge is 0.353 e. The monoisotopic (exact) mass is 281 g/mol. The van der Waals surface area contributed by atoms with Crippen molar-refractivity contribution >= 4 is 17.6 Å². The number of non-ortho nitro benzene ring substituents is 1. The number of epoxide rings is 1. The van der Waals surface area contributed by atoms with Crippen molar-refractivity contribution in [2.75, 3.05) is 14.2 Å². The normalized spacial score (nSPS) is 19.0. The lowest BCUT2D eigenvalue weighted by atomic mass is 9.99. The van der Waals surface area contributed by atoms with Crippen molar-refractivity contribution in [3.05, 3.63) is 39.9 Å². The molecular weight excluding hydrogens is 270 g/mol. The molecule has 1 aliphatic heterocycles. The lowest BCUT2D eigenvalue weighted by Gasteiger charge is -2.07. The van der Waals surface area contributed by atoms with E-state index in [1.54, 1.807) is 0 Å². The number of hydrogen-bond acceptors (Lipinski definition) is 7. The maximum atomic E-state index is 11.7. The second-order valence-corrected chi connectivity index (χ2v) is 4.07. The predicted molar refractivity (Wildman–Crippen MR) is 63.7 cm³/mol. The van der Waals surface area contributed by atoms with Crippen molar-refractivity contribution in [3.8, 4) is 0 Å². The molecule has 1 heterocycles. The molecule has 1 aromatic rings. The molecule has 0 saturated carbocycles. The zero-order chi connectivity index (χ0) is 14.9. The zero-order valence-corrected chi connectivity index (χ0v) is 10.7. The Morgan fingerprint density at radius 2 is 1.70 bits per heavy atom. The Balaban J connectivity index is 2.28. The van der Waals surface area contributed by atoms with Crippen LogP contribution in [0.5, 0.6) is 0 Å². The van der Waals surface area contributed by atoms with Crippen molar-refractivity contribution in [1.82, 2.24) is 0 Å². The quantitative estimate of drug-likeness (QED) is 0.263. The summed E-state index contributed by atoms with van der Waals surface area (Å²) in [5.74, 6) is -1.74. The van der Waals surface area contributed by atoms with E-state index in [0.717, 1.165) is 14.2 Å². The molecule has 0 N–H and O–H groups in total. The summed E-state index contributed by atoms with van der Waals surface area (Å²) in [4.78, 5) is 33.4. The van der Waals surface area contributed by atoms with Crippen LogP contribution in [-0.2, 0) is 23.8 Å². The molecule has 8 nitrogen and oxygen atoms in total. The molecule has 0 amide bonds. The van der Waals surface area contributed by atoms with Crippen LogP contribution >= 0.6 is 0 Å². The standard InChI is InChI=1S/C12H11NO7/c1-18-10(14)12(11(15)19-2)9(20-12)7-3-5-8(6-4-7)13(16)17/h3-6,9H,1-2H3. The van der Waals surface area contributed by atoms with Crippen molar-refractivity contribution in [3.63, 3.8) is 0 Å². The Kier molecular flexibility index (Phi) is 3.41. The molecular formula is C12H11NO7. The van der Waals surface area contributed by atoms with Crippen molar-refractivity contribution < 1.29 is 28.7 Å². The number of benzene rings is 1. The lowest BCUT2D eigenvalue weighted by molar-refractivity contribution is -0.384. The number of esters is 2. The van der Waals surface area contributed by atoms with Gasteiger partial charge in [-0.3, -0.25) is 10.1 Å². The number of carbonyl (C=O) groups excluding carboxylic acids is 2. The highest BCUT2D eigenvalue weighted by Crippen LogP contribution is 2.51. The van der Waals surface area contributed by atoms with Crippen molar-refractivity contribution in [2.45, 2.75) is 11.7 Å². The Hall–Kier alpha value is -2.48. The fourth-order valence-corrected chi connectivity index (χ4v) is 1.92. The van der Waals surface area contributed by atoms with Crippen LogP contribution in [0.1, 0.15) is 11.7 Å². The SMILES string of the molecule is COC(=O)C1(C(=O)OC)OC1c1ccc([N+](=O)[O-])cc1. The fourth-order valence-electron chi connectivity index (χ4n) is 1.92. The molecule has 1 atom stereocenters. The summed E-state index contributed by atoms with van der Waals surface area (Å²) in [6.07, 6.45) is -0.872. The van der Waals surface area contributed by atoms with Crippen LogP contribution in [0.15, 0.2) is 24.3 Å². The van der Waals surface area contributed by atoms with E-state index in [1.807, 2.05) is 0 Å². The molecule has 1 aliphatic rings. The largest absolute Gasteiger partial charge is 0.466 e. The molecule has 8 heteroatoms. The second-order valence-electron chi connectivity index (χ2n) is 4.07. The van der Waals surface area contributed by atoms with Gasteiger partial charge in [-0.2, -0.15) is 0 Å². The summed E-state index contributed by atoms with van der Waals surface area (Å²) in [6.45, 7) is 0. The van der Waals surface area contributed by atoms with Gasteiger partial charge in [0.15, 0.2) is 0 Å². The van der Waals surface area contributed by atoms with Gasteiger partial charge in [0.05, 0.1) is 19.1 Å². The van der Waals surface area contributed by atoms with Crippen LogP contribution in [0.25, 0.3) is 0 Å². The average Bonchev–Trinajstić information content (AvgIpc) is 3.22. The van der Waals surface area contributed by atoms with Crippen molar-refractivity contribution in [2.24, 2.45) is 0 Å². The molecule has 106 valence electrons. The van der Waals surface area contributed by atoms with Gasteiger partial charge in [-0.25, -0.2) is 9.59 Å². The third-order valence-electron chi connectivity index (χ3n) is 3.00. The van der Waals surface area contributed by atoms with Crippen molar-refractivity contribution in [1.29, 1.82) is 0 Å². The zero-order valence-electron chi connectivity index (χ0n) is 10.7. The summed E-state index contributed by atoms with van der Waals surface area (Å²) < 4.78 is 14.3. The van der Waals surface area contributed by atoms with E-state index in [0.29, 0.717) is 5.56 Å². The molecule has 0 aliphatic carbocycles. The first kappa shape index (κ1) is 13.9. The van der Waals surface area contributed by atoms with E-state index in [4.69, 9.17) is 4.74 Å². The maximum absolute atomic E-state index is 11.7. The highest BCUT2D eigenvalue weighted by atomic mass is 16.7. The van der Waals surface area contributed by atoms with E-state index in [-0.39, 0.29) is 5.69 Å². The van der Waals surface area contributed by atoms with Crippen LogP contribution in [0.3, 0.4) is 0 Å². The van der Waals surface area contributed by atoms with Crippen LogP contribution < -0.4 is 0 Å². The van der Waals surface area contributed by atoms with Gasteiger partial charge in [-0.15, -0.1) is 0 Å². The highest BCUT2D eigenvalue weighted by molar-refractivity contribution is 6.07. The minimum absolute atomic E-state index is 0.101. The van der Waals surface area contributed by atoms with Crippen LogP contribution in [0, 0.1) is 10.1 Å². The summed E-state index contributed by atoms with van der Waals surface area (Å²) in [7, 11) is 2.25. The van der Waals surface area contributed by atoms with E-state index in [2.05, 4.69) is 9.47 Å². The fraction of sp³-hybridized carbons (Fsp3) is 0.333. The molecule has 20 heavy (non-hydrogen) atoms. The molecule has 0 aromatic heterocycles. The van der Waals surface area contributed by atoms with E-state index < -0.39 is 28.6 Å². The van der Waals surface area contributed by atoms with Crippen LogP contribution in [0.4, 0.5) is 5.69 Å². The van der Waals surface area contributed by atoms with Gasteiger partial charge in [-0.05, 0) is 17.7 Å². The van der Waals surface area contributed by atoms with Gasteiger partial charge < -0.3 is 14.2 Å². The first-order chi connectivity index (χ1) is 9.47. The van der Waals surface area contributed by atoms with Gasteiger partial charge in [0.1, 0.15) is 6.10 Å². The van der Waals surface area contributed by atoms with Crippen LogP contribution in [0.2, 0.25) is 0 Å². The number of carbonyl (C=O) groups is 2. The topological polar surface area (TPSA) is 108 Å². The number of ether oxygens (including phenoxy) is 3. The molecule has 1 unspecified atom stereocenters. The van der Waals surface area contributed by atoms with Crippen LogP contribution in [-0.4, -0.2) is 36.7 Å². The summed E-state index contributed by atoms with van der Waals surface area (Å²) in [6, 6.07) is 5.35. The first-order valence-electron chi connectivity index (χ1n) is 5.56. The van der Waals surface area contributed by atoms with E-state index in [9.17, 15) is 19.7 Å². The van der Waals surface area contributed by atoms with Gasteiger partial charge in [0, 0.05) is 12.1 Å². The minimum Gasteiger partial charge on any atom is -0.466 e. The number of rotatable bonds is 4. The predicted octanol–water partition coefficient (Wildman–Crippen LogP) is 0.751. The number of methoxy groups -OCH3 is 2. The Labute approximate surface area is 113 Å². The van der Waals surface area contributed by atoms with E-state index >= 15 is 0 Å². The number of nitro groups is 1. The molecule has 2 rings (SSSR count). The second kappa shape index (κ2) is 4.89. The molecule has 0 bridgehead atoms. The summed E-state index contributed by atoms with van der Waals surface area (Å²) >= 11 is 0. The molecule has 1 fully saturated rings. The number of hydrogen-bond donors (Lipinski definition) is 0. The van der Waals surface area contributed by atoms with Gasteiger partial charge in [0.2, 0.25) is 0 Å². The van der Waals surface area contributed by atoms with Gasteiger partial charge >= 0.3 is 11.9 Å². The van der Waals surface area contributed by atoms with Gasteiger partial charge in [-0.1, -0.05) is 0 Å². The Morgan fingerprint density at radius 1 is 1.20 bits per heavy atom. The Morgan fingerprint density at radius 3 is 2.10 bits per heavy atom. The molecule has 1 saturated heterocycles.